The third-order valence-electron chi connectivity index (χ3n) is 4.67. The van der Waals surface area contributed by atoms with E-state index in [0.717, 1.165) is 51.4 Å². The highest BCUT2D eigenvalue weighted by molar-refractivity contribution is 6.20. The fourth-order valence-electron chi connectivity index (χ4n) is 3.49. The van der Waals surface area contributed by atoms with E-state index in [-0.39, 0.29) is 24.5 Å². The molecule has 3 N–H and O–H groups in total. The van der Waals surface area contributed by atoms with Crippen LogP contribution in [0.1, 0.15) is 57.8 Å². The van der Waals surface area contributed by atoms with Gasteiger partial charge in [-0.2, -0.15) is 0 Å². The van der Waals surface area contributed by atoms with Gasteiger partial charge in [0.25, 0.3) is 0 Å². The molecule has 0 bridgehead atoms. The lowest BCUT2D eigenvalue weighted by atomic mass is 9.81. The molecule has 3 unspecified atom stereocenters. The van der Waals surface area contributed by atoms with Crippen molar-refractivity contribution in [1.29, 1.82) is 0 Å². The van der Waals surface area contributed by atoms with Gasteiger partial charge in [0.2, 0.25) is 0 Å². The summed E-state index contributed by atoms with van der Waals surface area (Å²) in [7, 11) is 0. The molecule has 3 atom stereocenters. The molecule has 2 aliphatic rings. The average molecular weight is 304 g/mol. The Kier molecular flexibility index (Phi) is 6.12. The predicted molar refractivity (Wildman–Crippen MR) is 79.0 cm³/mol. The Labute approximate surface area is 126 Å². The highest BCUT2D eigenvalue weighted by Gasteiger charge is 2.30. The van der Waals surface area contributed by atoms with Crippen LogP contribution in [0.5, 0.6) is 0 Å². The summed E-state index contributed by atoms with van der Waals surface area (Å²) in [5, 5.41) is 9.16. The molecule has 0 radical (unpaired) electrons. The number of halogens is 1. The maximum absolute atomic E-state index is 10.8. The molecule has 2 saturated carbocycles. The first-order valence-electron chi connectivity index (χ1n) is 7.81. The first-order chi connectivity index (χ1) is 9.54. The highest BCUT2D eigenvalue weighted by Crippen LogP contribution is 2.32. The molecular weight excluding hydrogens is 278 g/mol. The molecular formula is C15H26ClNO3. The number of hydrogen-bond acceptors (Lipinski definition) is 3. The van der Waals surface area contributed by atoms with Crippen LogP contribution in [0.4, 0.5) is 0 Å². The number of carboxylic acid groups (broad SMARTS) is 1. The molecule has 4 nitrogen and oxygen atoms in total. The zero-order valence-corrected chi connectivity index (χ0v) is 12.7. The summed E-state index contributed by atoms with van der Waals surface area (Å²) < 4.78 is 6.20. The third kappa shape index (κ3) is 4.90. The molecule has 0 aromatic carbocycles. The molecule has 2 rings (SSSR count). The number of carbonyl (C=O) groups is 1. The summed E-state index contributed by atoms with van der Waals surface area (Å²) in [5.41, 5.74) is 6.01. The molecule has 2 aliphatic carbocycles. The van der Waals surface area contributed by atoms with E-state index in [9.17, 15) is 4.79 Å². The fourth-order valence-corrected chi connectivity index (χ4v) is 3.74. The Morgan fingerprint density at radius 3 is 2.55 bits per heavy atom. The van der Waals surface area contributed by atoms with Gasteiger partial charge in [0.05, 0.1) is 18.6 Å². The molecule has 0 heterocycles. The van der Waals surface area contributed by atoms with E-state index in [1.54, 1.807) is 0 Å². The smallest absolute Gasteiger partial charge is 0.304 e. The summed E-state index contributed by atoms with van der Waals surface area (Å²) in [4.78, 5) is 10.8. The van der Waals surface area contributed by atoms with E-state index in [1.807, 2.05) is 0 Å². The van der Waals surface area contributed by atoms with Crippen molar-refractivity contribution in [3.05, 3.63) is 0 Å². The minimum atomic E-state index is -0.805. The number of carboxylic acids is 1. The monoisotopic (exact) mass is 303 g/mol. The van der Waals surface area contributed by atoms with Crippen LogP contribution >= 0.6 is 11.6 Å². The fraction of sp³-hybridized carbons (Fsp3) is 0.933. The minimum Gasteiger partial charge on any atom is -0.481 e. The molecule has 116 valence electrons. The number of ether oxygens (including phenoxy) is 1. The predicted octanol–water partition coefficient (Wildman–Crippen LogP) is 2.91. The number of alkyl halides is 1. The van der Waals surface area contributed by atoms with Crippen LogP contribution in [-0.2, 0) is 9.53 Å². The van der Waals surface area contributed by atoms with Crippen LogP contribution in [0.25, 0.3) is 0 Å². The minimum absolute atomic E-state index is 0.0642. The molecule has 0 spiro atoms. The van der Waals surface area contributed by atoms with Gasteiger partial charge in [-0.25, -0.2) is 0 Å². The Balaban J connectivity index is 1.76. The van der Waals surface area contributed by atoms with Gasteiger partial charge in [-0.05, 0) is 50.9 Å². The van der Waals surface area contributed by atoms with Crippen molar-refractivity contribution in [1.82, 2.24) is 0 Å². The Bertz CT molecular complexity index is 318. The first-order valence-corrected chi connectivity index (χ1v) is 8.25. The van der Waals surface area contributed by atoms with Crippen LogP contribution in [-0.4, -0.2) is 34.7 Å². The lowest BCUT2D eigenvalue weighted by Gasteiger charge is -2.35. The Morgan fingerprint density at radius 1 is 1.20 bits per heavy atom. The van der Waals surface area contributed by atoms with Crippen molar-refractivity contribution < 1.29 is 14.6 Å². The maximum atomic E-state index is 10.8. The molecule has 0 amide bonds. The van der Waals surface area contributed by atoms with Crippen molar-refractivity contribution in [2.75, 3.05) is 0 Å². The highest BCUT2D eigenvalue weighted by atomic mass is 35.5. The second-order valence-corrected chi connectivity index (χ2v) is 6.94. The normalized spacial score (nSPS) is 36.5. The van der Waals surface area contributed by atoms with Crippen molar-refractivity contribution in [2.24, 2.45) is 11.7 Å². The van der Waals surface area contributed by atoms with Gasteiger partial charge in [-0.15, -0.1) is 11.6 Å². The van der Waals surface area contributed by atoms with E-state index in [2.05, 4.69) is 0 Å². The average Bonchev–Trinajstić information content (AvgIpc) is 2.41. The summed E-state index contributed by atoms with van der Waals surface area (Å²) in [6, 6.07) is -0.238. The van der Waals surface area contributed by atoms with Crippen molar-refractivity contribution in [3.8, 4) is 0 Å². The van der Waals surface area contributed by atoms with Crippen LogP contribution in [0, 0.1) is 5.92 Å². The van der Waals surface area contributed by atoms with Gasteiger partial charge in [0.15, 0.2) is 0 Å². The summed E-state index contributed by atoms with van der Waals surface area (Å²) in [5.74, 6) is -0.518. The number of nitrogens with two attached hydrogens (primary N) is 1. The van der Waals surface area contributed by atoms with E-state index in [1.165, 1.54) is 0 Å². The van der Waals surface area contributed by atoms with Gasteiger partial charge < -0.3 is 15.6 Å². The SMILES string of the molecule is NC(CC(=O)O)C1CCCC(OC2CCC(Cl)CC2)C1. The van der Waals surface area contributed by atoms with Crippen LogP contribution in [0.15, 0.2) is 0 Å². The molecule has 0 saturated heterocycles. The van der Waals surface area contributed by atoms with Gasteiger partial charge in [-0.3, -0.25) is 4.79 Å². The number of aliphatic carboxylic acids is 1. The van der Waals surface area contributed by atoms with Crippen LogP contribution in [0.2, 0.25) is 0 Å². The Hall–Kier alpha value is -0.320. The maximum Gasteiger partial charge on any atom is 0.304 e. The lowest BCUT2D eigenvalue weighted by Crippen LogP contribution is -2.39. The topological polar surface area (TPSA) is 72.6 Å². The van der Waals surface area contributed by atoms with Crippen molar-refractivity contribution in [2.45, 2.75) is 81.4 Å². The zero-order chi connectivity index (χ0) is 14.5. The summed E-state index contributed by atoms with van der Waals surface area (Å²) in [6.07, 6.45) is 8.96. The van der Waals surface area contributed by atoms with Crippen LogP contribution in [0.3, 0.4) is 0 Å². The summed E-state index contributed by atoms with van der Waals surface area (Å²) >= 11 is 6.11. The largest absolute Gasteiger partial charge is 0.481 e. The van der Waals surface area contributed by atoms with Crippen LogP contribution < -0.4 is 5.73 Å². The summed E-state index contributed by atoms with van der Waals surface area (Å²) in [6.45, 7) is 0. The molecule has 0 aliphatic heterocycles. The first kappa shape index (κ1) is 16.1. The van der Waals surface area contributed by atoms with Gasteiger partial charge in [0, 0.05) is 11.4 Å². The Morgan fingerprint density at radius 2 is 1.90 bits per heavy atom. The molecule has 5 heteroatoms. The van der Waals surface area contributed by atoms with Crippen molar-refractivity contribution in [3.63, 3.8) is 0 Å². The molecule has 2 fully saturated rings. The van der Waals surface area contributed by atoms with E-state index in [0.29, 0.717) is 11.5 Å². The van der Waals surface area contributed by atoms with Gasteiger partial charge in [0.1, 0.15) is 0 Å². The van der Waals surface area contributed by atoms with E-state index < -0.39 is 5.97 Å². The lowest BCUT2D eigenvalue weighted by molar-refractivity contribution is -0.138. The van der Waals surface area contributed by atoms with Crippen molar-refractivity contribution >= 4 is 17.6 Å². The van der Waals surface area contributed by atoms with Gasteiger partial charge >= 0.3 is 5.97 Å². The number of hydrogen-bond donors (Lipinski definition) is 2. The molecule has 0 aromatic rings. The second kappa shape index (κ2) is 7.62. The quantitative estimate of drug-likeness (QED) is 0.766. The zero-order valence-electron chi connectivity index (χ0n) is 12.0. The second-order valence-electron chi connectivity index (χ2n) is 6.32. The van der Waals surface area contributed by atoms with E-state index >= 15 is 0 Å². The standard InChI is InChI=1S/C15H26ClNO3/c16-11-4-6-12(7-5-11)20-13-3-1-2-10(8-13)14(17)9-15(18)19/h10-14H,1-9,17H2,(H,18,19). The molecule has 20 heavy (non-hydrogen) atoms. The molecule has 0 aromatic heterocycles. The van der Waals surface area contributed by atoms with E-state index in [4.69, 9.17) is 27.2 Å². The number of rotatable bonds is 5. The third-order valence-corrected chi connectivity index (χ3v) is 5.11. The van der Waals surface area contributed by atoms with Gasteiger partial charge in [-0.1, -0.05) is 6.42 Å².